The molecule has 1 saturated heterocycles. The first kappa shape index (κ1) is 15.2. The average molecular weight is 314 g/mol. The van der Waals surface area contributed by atoms with Crippen LogP contribution in [-0.2, 0) is 9.53 Å². The summed E-state index contributed by atoms with van der Waals surface area (Å²) < 4.78 is 6.81. The molecule has 7 heteroatoms. The number of ether oxygens (including phenoxy) is 1. The summed E-state index contributed by atoms with van der Waals surface area (Å²) in [5.74, 6) is 0.161. The SMILES string of the molecule is CCOC(=O)[C@@H]1CCCN1C(=O)c1ccc(-n2ccnc2)nc1. The van der Waals surface area contributed by atoms with Crippen molar-refractivity contribution in [3.8, 4) is 5.82 Å². The average Bonchev–Trinajstić information content (AvgIpc) is 3.26. The van der Waals surface area contributed by atoms with Crippen molar-refractivity contribution in [2.45, 2.75) is 25.8 Å². The molecule has 0 saturated carbocycles. The first-order valence-electron chi connectivity index (χ1n) is 7.62. The Morgan fingerprint density at radius 1 is 1.39 bits per heavy atom. The molecule has 0 unspecified atom stereocenters. The second kappa shape index (κ2) is 6.60. The summed E-state index contributed by atoms with van der Waals surface area (Å²) in [5, 5.41) is 0. The van der Waals surface area contributed by atoms with E-state index in [1.54, 1.807) is 47.2 Å². The lowest BCUT2D eigenvalue weighted by molar-refractivity contribution is -0.147. The highest BCUT2D eigenvalue weighted by Gasteiger charge is 2.35. The summed E-state index contributed by atoms with van der Waals surface area (Å²) in [6, 6.07) is 2.98. The third-order valence-corrected chi connectivity index (χ3v) is 3.84. The standard InChI is InChI=1S/C16H18N4O3/c1-2-23-16(22)13-4-3-8-20(13)15(21)12-5-6-14(18-10-12)19-9-7-17-11-19/h5-7,9-11,13H,2-4,8H2,1H3/t13-/m0/s1. The molecular weight excluding hydrogens is 296 g/mol. The molecular formula is C16H18N4O3. The van der Waals surface area contributed by atoms with Crippen molar-refractivity contribution >= 4 is 11.9 Å². The smallest absolute Gasteiger partial charge is 0.328 e. The number of imidazole rings is 1. The highest BCUT2D eigenvalue weighted by molar-refractivity contribution is 5.97. The zero-order valence-electron chi connectivity index (χ0n) is 12.9. The molecule has 0 aromatic carbocycles. The Bertz CT molecular complexity index is 682. The highest BCUT2D eigenvalue weighted by Crippen LogP contribution is 2.21. The van der Waals surface area contributed by atoms with E-state index in [2.05, 4.69) is 9.97 Å². The molecule has 120 valence electrons. The molecule has 2 aromatic heterocycles. The van der Waals surface area contributed by atoms with Crippen LogP contribution in [0.2, 0.25) is 0 Å². The van der Waals surface area contributed by atoms with E-state index in [0.717, 1.165) is 6.42 Å². The molecule has 1 aliphatic rings. The number of esters is 1. The minimum atomic E-state index is -0.490. The van der Waals surface area contributed by atoms with Crippen LogP contribution in [-0.4, -0.2) is 50.5 Å². The Morgan fingerprint density at radius 3 is 2.91 bits per heavy atom. The van der Waals surface area contributed by atoms with E-state index in [1.165, 1.54) is 6.20 Å². The van der Waals surface area contributed by atoms with E-state index >= 15 is 0 Å². The van der Waals surface area contributed by atoms with Crippen LogP contribution in [0.1, 0.15) is 30.1 Å². The first-order valence-corrected chi connectivity index (χ1v) is 7.62. The molecule has 7 nitrogen and oxygen atoms in total. The number of hydrogen-bond donors (Lipinski definition) is 0. The van der Waals surface area contributed by atoms with Crippen LogP contribution >= 0.6 is 0 Å². The van der Waals surface area contributed by atoms with Crippen LogP contribution < -0.4 is 0 Å². The normalized spacial score (nSPS) is 17.3. The molecule has 0 N–H and O–H groups in total. The molecule has 23 heavy (non-hydrogen) atoms. The van der Waals surface area contributed by atoms with Crippen molar-refractivity contribution in [1.29, 1.82) is 0 Å². The van der Waals surface area contributed by atoms with Gasteiger partial charge in [0.2, 0.25) is 0 Å². The van der Waals surface area contributed by atoms with Crippen LogP contribution in [0.5, 0.6) is 0 Å². The van der Waals surface area contributed by atoms with Crippen molar-refractivity contribution in [2.24, 2.45) is 0 Å². The number of nitrogens with zero attached hydrogens (tertiary/aromatic N) is 4. The van der Waals surface area contributed by atoms with Crippen LogP contribution in [0.15, 0.2) is 37.1 Å². The van der Waals surface area contributed by atoms with E-state index in [1.807, 2.05) is 0 Å². The Labute approximate surface area is 133 Å². The number of amides is 1. The summed E-state index contributed by atoms with van der Waals surface area (Å²) in [7, 11) is 0. The van der Waals surface area contributed by atoms with Gasteiger partial charge in [0, 0.05) is 25.1 Å². The number of carbonyl (C=O) groups is 2. The largest absolute Gasteiger partial charge is 0.464 e. The molecule has 1 aliphatic heterocycles. The molecule has 1 fully saturated rings. The number of aromatic nitrogens is 3. The number of rotatable bonds is 4. The first-order chi connectivity index (χ1) is 11.2. The Morgan fingerprint density at radius 2 is 2.26 bits per heavy atom. The summed E-state index contributed by atoms with van der Waals surface area (Å²) in [6.45, 7) is 2.64. The lowest BCUT2D eigenvalue weighted by Gasteiger charge is -2.23. The monoisotopic (exact) mass is 314 g/mol. The van der Waals surface area contributed by atoms with Crippen LogP contribution in [0, 0.1) is 0 Å². The van der Waals surface area contributed by atoms with Gasteiger partial charge in [0.15, 0.2) is 0 Å². The molecule has 0 radical (unpaired) electrons. The van der Waals surface area contributed by atoms with E-state index < -0.39 is 6.04 Å². The fraction of sp³-hybridized carbons (Fsp3) is 0.375. The topological polar surface area (TPSA) is 77.3 Å². The van der Waals surface area contributed by atoms with Crippen molar-refractivity contribution in [3.63, 3.8) is 0 Å². The number of pyridine rings is 1. The van der Waals surface area contributed by atoms with Crippen molar-refractivity contribution in [2.75, 3.05) is 13.2 Å². The van der Waals surface area contributed by atoms with E-state index in [4.69, 9.17) is 4.74 Å². The van der Waals surface area contributed by atoms with Gasteiger partial charge in [-0.05, 0) is 31.9 Å². The fourth-order valence-electron chi connectivity index (χ4n) is 2.72. The minimum absolute atomic E-state index is 0.190. The molecule has 3 heterocycles. The van der Waals surface area contributed by atoms with E-state index in [0.29, 0.717) is 31.0 Å². The number of carbonyl (C=O) groups excluding carboxylic acids is 2. The second-order valence-electron chi connectivity index (χ2n) is 5.28. The summed E-state index contributed by atoms with van der Waals surface area (Å²) in [4.78, 5) is 34.4. The molecule has 1 atom stereocenters. The fourth-order valence-corrected chi connectivity index (χ4v) is 2.72. The lowest BCUT2D eigenvalue weighted by atomic mass is 10.2. The highest BCUT2D eigenvalue weighted by atomic mass is 16.5. The molecule has 0 bridgehead atoms. The van der Waals surface area contributed by atoms with Crippen LogP contribution in [0.3, 0.4) is 0 Å². The van der Waals surface area contributed by atoms with Gasteiger partial charge >= 0.3 is 5.97 Å². The predicted octanol–water partition coefficient (Wildman–Crippen LogP) is 1.43. The van der Waals surface area contributed by atoms with Crippen molar-refractivity contribution < 1.29 is 14.3 Å². The lowest BCUT2D eigenvalue weighted by Crippen LogP contribution is -2.41. The number of hydrogen-bond acceptors (Lipinski definition) is 5. The van der Waals surface area contributed by atoms with Gasteiger partial charge in [-0.3, -0.25) is 9.36 Å². The van der Waals surface area contributed by atoms with E-state index in [-0.39, 0.29) is 11.9 Å². The molecule has 0 spiro atoms. The van der Waals surface area contributed by atoms with Crippen LogP contribution in [0.4, 0.5) is 0 Å². The van der Waals surface area contributed by atoms with Gasteiger partial charge in [-0.1, -0.05) is 0 Å². The predicted molar refractivity (Wildman–Crippen MR) is 82.1 cm³/mol. The van der Waals surface area contributed by atoms with Crippen molar-refractivity contribution in [3.05, 3.63) is 42.6 Å². The molecule has 2 aromatic rings. The van der Waals surface area contributed by atoms with Crippen LogP contribution in [0.25, 0.3) is 5.82 Å². The maximum absolute atomic E-state index is 12.6. The van der Waals surface area contributed by atoms with Crippen molar-refractivity contribution in [1.82, 2.24) is 19.4 Å². The summed E-state index contributed by atoms with van der Waals surface area (Å²) in [6.07, 6.45) is 8.05. The van der Waals surface area contributed by atoms with Gasteiger partial charge in [-0.25, -0.2) is 14.8 Å². The second-order valence-corrected chi connectivity index (χ2v) is 5.28. The minimum Gasteiger partial charge on any atom is -0.464 e. The molecule has 0 aliphatic carbocycles. The summed E-state index contributed by atoms with van der Waals surface area (Å²) >= 11 is 0. The van der Waals surface area contributed by atoms with Gasteiger partial charge in [0.25, 0.3) is 5.91 Å². The summed E-state index contributed by atoms with van der Waals surface area (Å²) in [5.41, 5.74) is 0.463. The van der Waals surface area contributed by atoms with Gasteiger partial charge in [-0.15, -0.1) is 0 Å². The quantitative estimate of drug-likeness (QED) is 0.798. The van der Waals surface area contributed by atoms with E-state index in [9.17, 15) is 9.59 Å². The van der Waals surface area contributed by atoms with Gasteiger partial charge in [0.05, 0.1) is 12.2 Å². The van der Waals surface area contributed by atoms with Gasteiger partial charge in [0.1, 0.15) is 18.2 Å². The zero-order chi connectivity index (χ0) is 16.2. The third kappa shape index (κ3) is 3.08. The Kier molecular flexibility index (Phi) is 4.36. The maximum Gasteiger partial charge on any atom is 0.328 e. The molecule has 3 rings (SSSR count). The zero-order valence-corrected chi connectivity index (χ0v) is 12.9. The third-order valence-electron chi connectivity index (χ3n) is 3.84. The molecule has 1 amide bonds. The maximum atomic E-state index is 12.6. The van der Waals surface area contributed by atoms with Gasteiger partial charge in [-0.2, -0.15) is 0 Å². The van der Waals surface area contributed by atoms with Gasteiger partial charge < -0.3 is 9.64 Å². The Balaban J connectivity index is 1.76. The number of likely N-dealkylation sites (tertiary alicyclic amines) is 1. The Hall–Kier alpha value is -2.70.